The van der Waals surface area contributed by atoms with Crippen LogP contribution in [0.1, 0.15) is 18.2 Å². The SMILES string of the molecule is CCc1cc(NN)nc(Nc2ccc(C)c(F)c2)n1. The Bertz CT molecular complexity index is 563. The predicted octanol–water partition coefficient (Wildman–Crippen LogP) is 2.52. The highest BCUT2D eigenvalue weighted by Crippen LogP contribution is 2.18. The molecular formula is C13H16FN5. The molecule has 0 aliphatic carbocycles. The molecular weight excluding hydrogens is 245 g/mol. The van der Waals surface area contributed by atoms with E-state index >= 15 is 0 Å². The first-order valence-corrected chi connectivity index (χ1v) is 6.00. The maximum absolute atomic E-state index is 13.5. The highest BCUT2D eigenvalue weighted by molar-refractivity contribution is 5.55. The van der Waals surface area contributed by atoms with E-state index in [9.17, 15) is 4.39 Å². The normalized spacial score (nSPS) is 10.3. The van der Waals surface area contributed by atoms with E-state index in [1.165, 1.54) is 6.07 Å². The van der Waals surface area contributed by atoms with Crippen molar-refractivity contribution in [3.63, 3.8) is 0 Å². The molecule has 0 aliphatic heterocycles. The first-order valence-electron chi connectivity index (χ1n) is 6.00. The zero-order valence-corrected chi connectivity index (χ0v) is 10.9. The average Bonchev–Trinajstić information content (AvgIpc) is 2.42. The highest BCUT2D eigenvalue weighted by Gasteiger charge is 2.05. The van der Waals surface area contributed by atoms with Gasteiger partial charge in [-0.25, -0.2) is 15.2 Å². The van der Waals surface area contributed by atoms with Crippen LogP contribution in [-0.4, -0.2) is 9.97 Å². The molecule has 0 radical (unpaired) electrons. The summed E-state index contributed by atoms with van der Waals surface area (Å²) in [7, 11) is 0. The summed E-state index contributed by atoms with van der Waals surface area (Å²) < 4.78 is 13.5. The minimum atomic E-state index is -0.270. The summed E-state index contributed by atoms with van der Waals surface area (Å²) in [6.07, 6.45) is 0.758. The lowest BCUT2D eigenvalue weighted by Gasteiger charge is -2.09. The molecule has 0 bridgehead atoms. The third-order valence-electron chi connectivity index (χ3n) is 2.72. The van der Waals surface area contributed by atoms with Crippen molar-refractivity contribution in [1.29, 1.82) is 0 Å². The second-order valence-electron chi connectivity index (χ2n) is 4.15. The molecule has 0 aliphatic rings. The van der Waals surface area contributed by atoms with Crippen molar-refractivity contribution in [3.05, 3.63) is 41.3 Å². The van der Waals surface area contributed by atoms with Gasteiger partial charge in [0.25, 0.3) is 0 Å². The molecule has 1 aromatic carbocycles. The van der Waals surface area contributed by atoms with Crippen LogP contribution >= 0.6 is 0 Å². The third kappa shape index (κ3) is 3.17. The van der Waals surface area contributed by atoms with E-state index in [-0.39, 0.29) is 5.82 Å². The van der Waals surface area contributed by atoms with Crippen LogP contribution in [0.2, 0.25) is 0 Å². The van der Waals surface area contributed by atoms with E-state index < -0.39 is 0 Å². The van der Waals surface area contributed by atoms with Gasteiger partial charge in [0.15, 0.2) is 0 Å². The predicted molar refractivity (Wildman–Crippen MR) is 73.6 cm³/mol. The summed E-state index contributed by atoms with van der Waals surface area (Å²) in [6.45, 7) is 3.70. The lowest BCUT2D eigenvalue weighted by molar-refractivity contribution is 0.619. The van der Waals surface area contributed by atoms with Gasteiger partial charge in [0.2, 0.25) is 5.95 Å². The zero-order valence-electron chi connectivity index (χ0n) is 10.9. The van der Waals surface area contributed by atoms with Crippen LogP contribution in [0, 0.1) is 12.7 Å². The Hall–Kier alpha value is -2.21. The number of aryl methyl sites for hydroxylation is 2. The van der Waals surface area contributed by atoms with Gasteiger partial charge >= 0.3 is 0 Å². The van der Waals surface area contributed by atoms with Gasteiger partial charge < -0.3 is 10.7 Å². The van der Waals surface area contributed by atoms with Crippen LogP contribution in [0.4, 0.5) is 21.8 Å². The summed E-state index contributed by atoms with van der Waals surface area (Å²) >= 11 is 0. The Balaban J connectivity index is 2.29. The van der Waals surface area contributed by atoms with E-state index in [1.54, 1.807) is 25.1 Å². The van der Waals surface area contributed by atoms with Crippen molar-refractivity contribution in [1.82, 2.24) is 9.97 Å². The summed E-state index contributed by atoms with van der Waals surface area (Å²) in [6, 6.07) is 6.65. The molecule has 2 aromatic rings. The van der Waals surface area contributed by atoms with Gasteiger partial charge in [-0.05, 0) is 31.0 Å². The summed E-state index contributed by atoms with van der Waals surface area (Å²) in [5, 5.41) is 2.96. The molecule has 5 nitrogen and oxygen atoms in total. The summed E-state index contributed by atoms with van der Waals surface area (Å²) in [4.78, 5) is 8.47. The van der Waals surface area contributed by atoms with Crippen LogP contribution in [0.15, 0.2) is 24.3 Å². The lowest BCUT2D eigenvalue weighted by Crippen LogP contribution is -2.11. The molecule has 1 heterocycles. The standard InChI is InChI=1S/C13H16FN5/c1-3-9-7-12(19-15)18-13(16-9)17-10-5-4-8(2)11(14)6-10/h4-7H,3,15H2,1-2H3,(H2,16,17,18,19). The molecule has 100 valence electrons. The van der Waals surface area contributed by atoms with Crippen LogP contribution < -0.4 is 16.6 Å². The van der Waals surface area contributed by atoms with Crippen molar-refractivity contribution in [3.8, 4) is 0 Å². The molecule has 0 unspecified atom stereocenters. The number of nitrogens with zero attached hydrogens (tertiary/aromatic N) is 2. The topological polar surface area (TPSA) is 75.9 Å². The van der Waals surface area contributed by atoms with Gasteiger partial charge in [-0.2, -0.15) is 4.98 Å². The number of halogens is 1. The van der Waals surface area contributed by atoms with Gasteiger partial charge in [0.1, 0.15) is 11.6 Å². The van der Waals surface area contributed by atoms with Crippen LogP contribution in [0.3, 0.4) is 0 Å². The number of hydrogen-bond acceptors (Lipinski definition) is 5. The molecule has 0 spiro atoms. The Labute approximate surface area is 111 Å². The van der Waals surface area contributed by atoms with Crippen LogP contribution in [0.25, 0.3) is 0 Å². The number of rotatable bonds is 4. The minimum Gasteiger partial charge on any atom is -0.324 e. The number of aromatic nitrogens is 2. The van der Waals surface area contributed by atoms with Crippen molar-refractivity contribution in [2.45, 2.75) is 20.3 Å². The number of nitrogens with one attached hydrogen (secondary N) is 2. The van der Waals surface area contributed by atoms with Gasteiger partial charge in [-0.3, -0.25) is 0 Å². The Morgan fingerprint density at radius 2 is 2.05 bits per heavy atom. The van der Waals surface area contributed by atoms with Crippen LogP contribution in [0.5, 0.6) is 0 Å². The first kappa shape index (κ1) is 13.2. The molecule has 1 aromatic heterocycles. The van der Waals surface area contributed by atoms with E-state index in [0.717, 1.165) is 12.1 Å². The zero-order chi connectivity index (χ0) is 13.8. The monoisotopic (exact) mass is 261 g/mol. The van der Waals surface area contributed by atoms with Crippen molar-refractivity contribution in [2.75, 3.05) is 10.7 Å². The van der Waals surface area contributed by atoms with Gasteiger partial charge in [-0.15, -0.1) is 0 Å². The molecule has 4 N–H and O–H groups in total. The third-order valence-corrected chi connectivity index (χ3v) is 2.72. The van der Waals surface area contributed by atoms with Crippen LogP contribution in [-0.2, 0) is 6.42 Å². The molecule has 6 heteroatoms. The van der Waals surface area contributed by atoms with E-state index in [0.29, 0.717) is 23.0 Å². The smallest absolute Gasteiger partial charge is 0.229 e. The number of hydrogen-bond donors (Lipinski definition) is 3. The Kier molecular flexibility index (Phi) is 3.91. The molecule has 0 atom stereocenters. The number of hydrazine groups is 1. The first-order chi connectivity index (χ1) is 9.12. The van der Waals surface area contributed by atoms with E-state index in [4.69, 9.17) is 5.84 Å². The molecule has 0 saturated heterocycles. The van der Waals surface area contributed by atoms with Crippen molar-refractivity contribution < 1.29 is 4.39 Å². The molecule has 0 fully saturated rings. The Morgan fingerprint density at radius 1 is 1.26 bits per heavy atom. The largest absolute Gasteiger partial charge is 0.324 e. The molecule has 0 saturated carbocycles. The number of nitrogens with two attached hydrogens (primary N) is 1. The fraction of sp³-hybridized carbons (Fsp3) is 0.231. The van der Waals surface area contributed by atoms with Gasteiger partial charge in [-0.1, -0.05) is 13.0 Å². The number of benzene rings is 1. The quantitative estimate of drug-likeness (QED) is 0.582. The van der Waals surface area contributed by atoms with Crippen molar-refractivity contribution >= 4 is 17.5 Å². The number of anilines is 3. The Morgan fingerprint density at radius 3 is 2.68 bits per heavy atom. The lowest BCUT2D eigenvalue weighted by atomic mass is 10.2. The molecule has 0 amide bonds. The number of nitrogen functional groups attached to an aromatic ring is 1. The minimum absolute atomic E-state index is 0.270. The highest BCUT2D eigenvalue weighted by atomic mass is 19.1. The summed E-state index contributed by atoms with van der Waals surface area (Å²) in [5.41, 5.74) is 4.52. The second kappa shape index (κ2) is 5.62. The second-order valence-corrected chi connectivity index (χ2v) is 4.15. The van der Waals surface area contributed by atoms with Gasteiger partial charge in [0, 0.05) is 17.4 Å². The average molecular weight is 261 g/mol. The summed E-state index contributed by atoms with van der Waals surface area (Å²) in [5.74, 6) is 5.98. The maximum Gasteiger partial charge on any atom is 0.229 e. The maximum atomic E-state index is 13.5. The molecule has 2 rings (SSSR count). The van der Waals surface area contributed by atoms with Crippen molar-refractivity contribution in [2.24, 2.45) is 5.84 Å². The van der Waals surface area contributed by atoms with Gasteiger partial charge in [0.05, 0.1) is 0 Å². The van der Waals surface area contributed by atoms with E-state index in [2.05, 4.69) is 20.7 Å². The molecule has 19 heavy (non-hydrogen) atoms. The van der Waals surface area contributed by atoms with E-state index in [1.807, 2.05) is 6.92 Å². The fourth-order valence-corrected chi connectivity index (χ4v) is 1.61. The fourth-order valence-electron chi connectivity index (χ4n) is 1.61.